The van der Waals surface area contributed by atoms with E-state index in [1.54, 1.807) is 11.3 Å². The third-order valence-electron chi connectivity index (χ3n) is 2.38. The Bertz CT molecular complexity index is 304. The van der Waals surface area contributed by atoms with Gasteiger partial charge in [-0.25, -0.2) is 5.90 Å². The molecular weight excluding hydrogens is 274 g/mol. The predicted molar refractivity (Wildman–Crippen MR) is 58.1 cm³/mol. The third-order valence-corrected chi connectivity index (χ3v) is 5.10. The summed E-state index contributed by atoms with van der Waals surface area (Å²) in [6, 6.07) is 2.07. The van der Waals surface area contributed by atoms with Crippen molar-refractivity contribution in [3.8, 4) is 0 Å². The number of thiophene rings is 1. The molecule has 0 unspecified atom stereocenters. The lowest BCUT2D eigenvalue weighted by atomic mass is 10.1. The molecule has 0 atom stereocenters. The monoisotopic (exact) mass is 281 g/mol. The van der Waals surface area contributed by atoms with Gasteiger partial charge in [0.25, 0.3) is 0 Å². The Kier molecular flexibility index (Phi) is 2.68. The molecule has 0 spiro atoms. The van der Waals surface area contributed by atoms with Crippen LogP contribution < -0.4 is 5.90 Å². The highest BCUT2D eigenvalue weighted by atomic mass is 79.9. The fraction of sp³-hybridized carbons (Fsp3) is 0.500. The average Bonchev–Trinajstić information content (AvgIpc) is 2.78. The Labute approximate surface area is 94.1 Å². The van der Waals surface area contributed by atoms with Crippen molar-refractivity contribution >= 4 is 38.9 Å². The largest absolute Gasteiger partial charge is 0.304 e. The van der Waals surface area contributed by atoms with Crippen LogP contribution in [-0.4, -0.2) is 6.61 Å². The summed E-state index contributed by atoms with van der Waals surface area (Å²) < 4.78 is 1.77. The van der Waals surface area contributed by atoms with Crippen molar-refractivity contribution in [1.82, 2.24) is 0 Å². The van der Waals surface area contributed by atoms with Gasteiger partial charge in [-0.3, -0.25) is 0 Å². The number of rotatable bonds is 3. The van der Waals surface area contributed by atoms with E-state index in [0.717, 1.165) is 21.7 Å². The van der Waals surface area contributed by atoms with Gasteiger partial charge in [-0.05, 0) is 34.8 Å². The van der Waals surface area contributed by atoms with Gasteiger partial charge in [0.05, 0.1) is 6.61 Å². The van der Waals surface area contributed by atoms with Crippen LogP contribution in [0.1, 0.15) is 17.7 Å². The van der Waals surface area contributed by atoms with Crippen molar-refractivity contribution in [1.29, 1.82) is 0 Å². The van der Waals surface area contributed by atoms with Crippen molar-refractivity contribution in [2.45, 2.75) is 18.3 Å². The van der Waals surface area contributed by atoms with Gasteiger partial charge in [0.2, 0.25) is 0 Å². The Morgan fingerprint density at radius 3 is 2.77 bits per heavy atom. The van der Waals surface area contributed by atoms with Crippen LogP contribution in [0.4, 0.5) is 0 Å². The van der Waals surface area contributed by atoms with Gasteiger partial charge in [0.1, 0.15) is 4.34 Å². The topological polar surface area (TPSA) is 35.2 Å². The predicted octanol–water partition coefficient (Wildman–Crippen LogP) is 3.09. The van der Waals surface area contributed by atoms with E-state index in [-0.39, 0.29) is 5.41 Å². The highest BCUT2D eigenvalue weighted by Gasteiger charge is 2.46. The maximum Gasteiger partial charge on any atom is 0.107 e. The van der Waals surface area contributed by atoms with Crippen LogP contribution in [0.5, 0.6) is 0 Å². The fourth-order valence-corrected chi connectivity index (χ4v) is 3.31. The van der Waals surface area contributed by atoms with Gasteiger partial charge in [0, 0.05) is 14.8 Å². The molecule has 2 rings (SSSR count). The molecule has 1 aliphatic rings. The molecule has 13 heavy (non-hydrogen) atoms. The summed E-state index contributed by atoms with van der Waals surface area (Å²) in [5, 5.41) is 0. The molecule has 1 fully saturated rings. The fourth-order valence-electron chi connectivity index (χ4n) is 1.38. The zero-order chi connectivity index (χ0) is 9.47. The van der Waals surface area contributed by atoms with Crippen LogP contribution >= 0.6 is 38.9 Å². The van der Waals surface area contributed by atoms with Gasteiger partial charge in [-0.2, -0.15) is 0 Å². The number of halogens is 2. The Morgan fingerprint density at radius 2 is 2.38 bits per heavy atom. The molecule has 0 aromatic carbocycles. The molecule has 5 heteroatoms. The molecule has 1 aliphatic carbocycles. The first-order valence-electron chi connectivity index (χ1n) is 3.95. The number of hydrogen-bond donors (Lipinski definition) is 1. The minimum absolute atomic E-state index is 0.162. The third kappa shape index (κ3) is 1.78. The van der Waals surface area contributed by atoms with Crippen molar-refractivity contribution in [2.75, 3.05) is 6.61 Å². The summed E-state index contributed by atoms with van der Waals surface area (Å²) in [5.74, 6) is 5.10. The number of nitrogens with two attached hydrogens (primary N) is 1. The van der Waals surface area contributed by atoms with E-state index in [9.17, 15) is 0 Å². The van der Waals surface area contributed by atoms with Crippen LogP contribution in [-0.2, 0) is 10.3 Å². The van der Waals surface area contributed by atoms with Gasteiger partial charge in [-0.1, -0.05) is 11.6 Å². The van der Waals surface area contributed by atoms with Crippen LogP contribution in [0.15, 0.2) is 10.5 Å². The molecule has 0 bridgehead atoms. The summed E-state index contributed by atoms with van der Waals surface area (Å²) >= 11 is 11.0. The Morgan fingerprint density at radius 1 is 1.69 bits per heavy atom. The van der Waals surface area contributed by atoms with E-state index in [1.165, 1.54) is 4.88 Å². The average molecular weight is 283 g/mol. The molecule has 72 valence electrons. The Balaban J connectivity index is 2.25. The van der Waals surface area contributed by atoms with Crippen molar-refractivity contribution in [3.63, 3.8) is 0 Å². The van der Waals surface area contributed by atoms with Crippen LogP contribution in [0.2, 0.25) is 4.34 Å². The first kappa shape index (κ1) is 9.93. The van der Waals surface area contributed by atoms with Crippen LogP contribution in [0, 0.1) is 0 Å². The lowest BCUT2D eigenvalue weighted by molar-refractivity contribution is 0.117. The first-order valence-corrected chi connectivity index (χ1v) is 5.94. The molecule has 2 N–H and O–H groups in total. The summed E-state index contributed by atoms with van der Waals surface area (Å²) in [7, 11) is 0. The second-order valence-corrected chi connectivity index (χ2v) is 5.83. The molecule has 0 amide bonds. The molecular formula is C8H9BrClNOS. The summed E-state index contributed by atoms with van der Waals surface area (Å²) in [6.45, 7) is 0.594. The zero-order valence-electron chi connectivity index (χ0n) is 6.85. The number of hydrogen-bond acceptors (Lipinski definition) is 3. The molecule has 0 aliphatic heterocycles. The smallest absolute Gasteiger partial charge is 0.107 e. The van der Waals surface area contributed by atoms with Gasteiger partial charge in [0.15, 0.2) is 0 Å². The van der Waals surface area contributed by atoms with Crippen molar-refractivity contribution in [2.24, 2.45) is 5.90 Å². The summed E-state index contributed by atoms with van der Waals surface area (Å²) in [5.41, 5.74) is 0.162. The lowest BCUT2D eigenvalue weighted by Gasteiger charge is -2.09. The summed E-state index contributed by atoms with van der Waals surface area (Å²) in [6.07, 6.45) is 2.29. The molecule has 0 saturated heterocycles. The molecule has 1 heterocycles. The van der Waals surface area contributed by atoms with Crippen LogP contribution in [0.3, 0.4) is 0 Å². The van der Waals surface area contributed by atoms with Crippen molar-refractivity contribution in [3.05, 3.63) is 19.8 Å². The summed E-state index contributed by atoms with van der Waals surface area (Å²) in [4.78, 5) is 5.99. The maximum absolute atomic E-state index is 5.96. The van der Waals surface area contributed by atoms with E-state index in [1.807, 2.05) is 0 Å². The minimum atomic E-state index is 0.162. The van der Waals surface area contributed by atoms with E-state index in [2.05, 4.69) is 22.0 Å². The quantitative estimate of drug-likeness (QED) is 0.865. The molecule has 1 aromatic rings. The second kappa shape index (κ2) is 3.51. The standard InChI is InChI=1S/C8H9BrClNOS/c9-5-3-6(13-7(5)10)8(1-2-8)4-12-11/h3H,1-2,4,11H2. The van der Waals surface area contributed by atoms with Gasteiger partial charge in [-0.15, -0.1) is 11.3 Å². The van der Waals surface area contributed by atoms with Gasteiger partial charge < -0.3 is 4.84 Å². The molecule has 0 radical (unpaired) electrons. The first-order chi connectivity index (χ1) is 6.18. The second-order valence-electron chi connectivity index (χ2n) is 3.32. The van der Waals surface area contributed by atoms with Crippen LogP contribution in [0.25, 0.3) is 0 Å². The highest BCUT2D eigenvalue weighted by molar-refractivity contribution is 9.10. The molecule has 2 nitrogen and oxygen atoms in total. The van der Waals surface area contributed by atoms with Crippen molar-refractivity contribution < 1.29 is 4.84 Å². The SMILES string of the molecule is NOCC1(c2cc(Br)c(Cl)s2)CC1. The highest BCUT2D eigenvalue weighted by Crippen LogP contribution is 2.52. The van der Waals surface area contributed by atoms with E-state index >= 15 is 0 Å². The maximum atomic E-state index is 5.96. The van der Waals surface area contributed by atoms with E-state index in [0.29, 0.717) is 6.61 Å². The van der Waals surface area contributed by atoms with E-state index in [4.69, 9.17) is 22.3 Å². The lowest BCUT2D eigenvalue weighted by Crippen LogP contribution is -2.16. The molecule has 1 aromatic heterocycles. The van der Waals surface area contributed by atoms with E-state index < -0.39 is 0 Å². The Hall–Kier alpha value is 0.390. The van der Waals surface area contributed by atoms with Gasteiger partial charge >= 0.3 is 0 Å². The molecule has 1 saturated carbocycles. The minimum Gasteiger partial charge on any atom is -0.304 e. The normalized spacial score (nSPS) is 19.0. The zero-order valence-corrected chi connectivity index (χ0v) is 10.0.